The van der Waals surface area contributed by atoms with E-state index in [1.54, 1.807) is 32.4 Å². The van der Waals surface area contributed by atoms with E-state index in [4.69, 9.17) is 14.2 Å². The fourth-order valence-corrected chi connectivity index (χ4v) is 4.78. The maximum atomic E-state index is 13.4. The van der Waals surface area contributed by atoms with E-state index in [1.165, 1.54) is 7.05 Å². The van der Waals surface area contributed by atoms with Gasteiger partial charge in [0.2, 0.25) is 5.90 Å². The minimum atomic E-state index is -0.487. The summed E-state index contributed by atoms with van der Waals surface area (Å²) in [5, 5.41) is 11.7. The van der Waals surface area contributed by atoms with Crippen LogP contribution in [0.25, 0.3) is 11.1 Å². The number of aryl methyl sites for hydroxylation is 1. The number of aliphatic imine (C=N–C) groups is 1. The van der Waals surface area contributed by atoms with Gasteiger partial charge in [0.1, 0.15) is 28.6 Å². The molecule has 2 aromatic carbocycles. The predicted molar refractivity (Wildman–Crippen MR) is 146 cm³/mol. The first kappa shape index (κ1) is 26.1. The quantitative estimate of drug-likeness (QED) is 0.209. The van der Waals surface area contributed by atoms with Crippen molar-refractivity contribution in [2.45, 2.75) is 44.4 Å². The van der Waals surface area contributed by atoms with Crippen LogP contribution in [0.2, 0.25) is 0 Å². The van der Waals surface area contributed by atoms with Crippen LogP contribution < -0.4 is 15.0 Å². The Bertz CT molecular complexity index is 1350. The van der Waals surface area contributed by atoms with Gasteiger partial charge >= 0.3 is 0 Å². The number of rotatable bonds is 10. The molecule has 0 saturated heterocycles. The molecule has 194 valence electrons. The highest BCUT2D eigenvalue weighted by molar-refractivity contribution is 6.00. The standard InChI is InChI=1S/C30H34N2O5/c1-6-7-14-21-24(25-22(35-4)15-11-16-23(25)36-5)27(33)26(28(34)32-21)29(31-3)37-19(2)30(17-18-30)20-12-9-8-10-13-20/h8-13,15-16H,2,6-7,14,17-18H2,1,3-5H3,(H2,32,33,34). The van der Waals surface area contributed by atoms with Crippen molar-refractivity contribution in [2.75, 3.05) is 21.3 Å². The van der Waals surface area contributed by atoms with Gasteiger partial charge in [0.25, 0.3) is 5.56 Å². The van der Waals surface area contributed by atoms with Crippen molar-refractivity contribution in [2.24, 2.45) is 4.99 Å². The van der Waals surface area contributed by atoms with Gasteiger partial charge in [0, 0.05) is 12.7 Å². The van der Waals surface area contributed by atoms with Crippen molar-refractivity contribution in [3.63, 3.8) is 0 Å². The van der Waals surface area contributed by atoms with Crippen LogP contribution in [0, 0.1) is 0 Å². The number of hydrogen-bond donors (Lipinski definition) is 2. The van der Waals surface area contributed by atoms with Gasteiger partial charge in [-0.3, -0.25) is 9.79 Å². The molecule has 0 bridgehead atoms. The Hall–Kier alpha value is -4.00. The molecule has 1 aliphatic rings. The molecule has 7 nitrogen and oxygen atoms in total. The Morgan fingerprint density at radius 3 is 2.24 bits per heavy atom. The average Bonchev–Trinajstić information content (AvgIpc) is 3.73. The van der Waals surface area contributed by atoms with E-state index >= 15 is 0 Å². The molecule has 4 rings (SSSR count). The topological polar surface area (TPSA) is 93.1 Å². The summed E-state index contributed by atoms with van der Waals surface area (Å²) < 4.78 is 17.4. The highest BCUT2D eigenvalue weighted by Crippen LogP contribution is 2.54. The molecular formula is C30H34N2O5. The van der Waals surface area contributed by atoms with Crippen LogP contribution in [-0.2, 0) is 16.6 Å². The minimum Gasteiger partial charge on any atom is -0.506 e. The van der Waals surface area contributed by atoms with Crippen molar-refractivity contribution in [1.29, 1.82) is 0 Å². The molecule has 1 fully saturated rings. The molecule has 1 aliphatic carbocycles. The average molecular weight is 503 g/mol. The van der Waals surface area contributed by atoms with Gasteiger partial charge in [0.15, 0.2) is 0 Å². The summed E-state index contributed by atoms with van der Waals surface area (Å²) in [4.78, 5) is 20.6. The number of H-pyrrole nitrogens is 1. The lowest BCUT2D eigenvalue weighted by Gasteiger charge is -2.22. The van der Waals surface area contributed by atoms with E-state index in [9.17, 15) is 9.90 Å². The molecule has 0 aliphatic heterocycles. The van der Waals surface area contributed by atoms with Crippen LogP contribution in [-0.4, -0.2) is 37.3 Å². The number of hydrogen-bond acceptors (Lipinski definition) is 6. The van der Waals surface area contributed by atoms with E-state index in [0.29, 0.717) is 40.5 Å². The van der Waals surface area contributed by atoms with E-state index in [1.807, 2.05) is 30.3 Å². The number of aromatic amines is 1. The van der Waals surface area contributed by atoms with Gasteiger partial charge in [0.05, 0.1) is 30.8 Å². The van der Waals surface area contributed by atoms with E-state index < -0.39 is 5.56 Å². The number of ether oxygens (including phenoxy) is 3. The number of nitrogens with zero attached hydrogens (tertiary/aromatic N) is 1. The summed E-state index contributed by atoms with van der Waals surface area (Å²) in [5.41, 5.74) is 1.78. The highest BCUT2D eigenvalue weighted by Gasteiger charge is 2.49. The van der Waals surface area contributed by atoms with Gasteiger partial charge < -0.3 is 24.3 Å². The van der Waals surface area contributed by atoms with Gasteiger partial charge in [-0.1, -0.05) is 56.3 Å². The SMILES string of the molecule is C=C(OC(=NC)c1c(O)c(-c2c(OC)cccc2OC)c(CCCC)[nH]c1=O)C1(c2ccccc2)CC1. The summed E-state index contributed by atoms with van der Waals surface area (Å²) in [7, 11) is 4.63. The number of nitrogens with one attached hydrogen (secondary N) is 1. The first-order valence-corrected chi connectivity index (χ1v) is 12.5. The fourth-order valence-electron chi connectivity index (χ4n) is 4.78. The molecule has 0 amide bonds. The van der Waals surface area contributed by atoms with E-state index in [2.05, 4.69) is 23.5 Å². The lowest BCUT2D eigenvalue weighted by Crippen LogP contribution is -2.25. The van der Waals surface area contributed by atoms with Gasteiger partial charge in [-0.05, 0) is 43.4 Å². The molecule has 0 spiro atoms. The molecule has 0 atom stereocenters. The fraction of sp³-hybridized carbons (Fsp3) is 0.333. The van der Waals surface area contributed by atoms with Crippen molar-refractivity contribution >= 4 is 5.90 Å². The number of pyridine rings is 1. The van der Waals surface area contributed by atoms with E-state index in [0.717, 1.165) is 31.2 Å². The van der Waals surface area contributed by atoms with Gasteiger partial charge in [-0.25, -0.2) is 0 Å². The molecule has 0 unspecified atom stereocenters. The number of methoxy groups -OCH3 is 2. The van der Waals surface area contributed by atoms with Crippen LogP contribution in [0.15, 0.2) is 70.7 Å². The molecule has 3 aromatic rings. The zero-order valence-corrected chi connectivity index (χ0v) is 21.9. The van der Waals surface area contributed by atoms with E-state index in [-0.39, 0.29) is 22.6 Å². The smallest absolute Gasteiger partial charge is 0.264 e. The third-order valence-electron chi connectivity index (χ3n) is 6.97. The third-order valence-corrected chi connectivity index (χ3v) is 6.97. The van der Waals surface area contributed by atoms with Crippen molar-refractivity contribution in [3.8, 4) is 28.4 Å². The van der Waals surface area contributed by atoms with Crippen LogP contribution in [0.4, 0.5) is 0 Å². The number of benzene rings is 2. The minimum absolute atomic E-state index is 0.00288. The van der Waals surface area contributed by atoms with Gasteiger partial charge in [-0.15, -0.1) is 0 Å². The summed E-state index contributed by atoms with van der Waals surface area (Å²) in [6.07, 6.45) is 4.06. The molecule has 2 N–H and O–H groups in total. The van der Waals surface area contributed by atoms with Crippen LogP contribution in [0.1, 0.15) is 49.4 Å². The molecule has 0 radical (unpaired) electrons. The summed E-state index contributed by atoms with van der Waals surface area (Å²) in [5.74, 6) is 1.27. The summed E-state index contributed by atoms with van der Waals surface area (Å²) >= 11 is 0. The summed E-state index contributed by atoms with van der Waals surface area (Å²) in [6.45, 7) is 6.26. The molecule has 1 aromatic heterocycles. The maximum absolute atomic E-state index is 13.4. The zero-order valence-electron chi connectivity index (χ0n) is 21.9. The molecular weight excluding hydrogens is 468 g/mol. The number of unbranched alkanes of at least 4 members (excludes halogenated alkanes) is 1. The van der Waals surface area contributed by atoms with Gasteiger partial charge in [-0.2, -0.15) is 0 Å². The summed E-state index contributed by atoms with van der Waals surface area (Å²) in [6, 6.07) is 15.4. The Morgan fingerprint density at radius 2 is 1.70 bits per heavy atom. The Labute approximate surface area is 217 Å². The Balaban J connectivity index is 1.84. The van der Waals surface area contributed by atoms with Crippen molar-refractivity contribution in [1.82, 2.24) is 4.98 Å². The number of allylic oxidation sites excluding steroid dienone is 1. The largest absolute Gasteiger partial charge is 0.506 e. The monoisotopic (exact) mass is 502 g/mol. The van der Waals surface area contributed by atoms with Crippen molar-refractivity contribution < 1.29 is 19.3 Å². The molecule has 1 saturated carbocycles. The molecule has 7 heteroatoms. The second-order valence-electron chi connectivity index (χ2n) is 9.17. The lowest BCUT2D eigenvalue weighted by atomic mass is 9.94. The second kappa shape index (κ2) is 10.9. The van der Waals surface area contributed by atoms with Crippen molar-refractivity contribution in [3.05, 3.63) is 88.0 Å². The molecule has 37 heavy (non-hydrogen) atoms. The number of aromatic nitrogens is 1. The first-order valence-electron chi connectivity index (χ1n) is 12.5. The Kier molecular flexibility index (Phi) is 7.71. The lowest BCUT2D eigenvalue weighted by molar-refractivity contribution is 0.364. The van der Waals surface area contributed by atoms with Crippen LogP contribution in [0.5, 0.6) is 17.2 Å². The maximum Gasteiger partial charge on any atom is 0.264 e. The normalized spacial score (nSPS) is 14.2. The first-order chi connectivity index (χ1) is 17.9. The number of aromatic hydroxyl groups is 1. The second-order valence-corrected chi connectivity index (χ2v) is 9.17. The zero-order chi connectivity index (χ0) is 26.6. The van der Waals surface area contributed by atoms with Crippen LogP contribution >= 0.6 is 0 Å². The van der Waals surface area contributed by atoms with Crippen LogP contribution in [0.3, 0.4) is 0 Å². The predicted octanol–water partition coefficient (Wildman–Crippen LogP) is 5.75. The Morgan fingerprint density at radius 1 is 1.05 bits per heavy atom. The highest BCUT2D eigenvalue weighted by atomic mass is 16.5. The molecule has 1 heterocycles. The third kappa shape index (κ3) is 4.86.